The minimum absolute atomic E-state index is 0.0809. The van der Waals surface area contributed by atoms with Gasteiger partial charge >= 0.3 is 17.7 Å². The molecule has 0 amide bonds. The van der Waals surface area contributed by atoms with Gasteiger partial charge < -0.3 is 4.74 Å². The Morgan fingerprint density at radius 3 is 2.57 bits per heavy atom. The molecular weight excluding hydrogens is 313 g/mol. The SMILES string of the molecule is O=[N+]([O-])c1ccc(Cl)nc1Oc1cccc(C(F)(F)F)c1. The van der Waals surface area contributed by atoms with Gasteiger partial charge in [0, 0.05) is 6.07 Å². The summed E-state index contributed by atoms with van der Waals surface area (Å²) >= 11 is 5.60. The van der Waals surface area contributed by atoms with E-state index in [9.17, 15) is 23.3 Å². The molecule has 0 saturated carbocycles. The first-order chi connectivity index (χ1) is 9.77. The number of alkyl halides is 3. The zero-order chi connectivity index (χ0) is 15.6. The lowest BCUT2D eigenvalue weighted by Crippen LogP contribution is -2.04. The summed E-state index contributed by atoms with van der Waals surface area (Å²) in [5.74, 6) is -0.713. The third-order valence-electron chi connectivity index (χ3n) is 2.38. The highest BCUT2D eigenvalue weighted by Crippen LogP contribution is 2.34. The first kappa shape index (κ1) is 15.0. The van der Waals surface area contributed by atoms with Gasteiger partial charge in [-0.15, -0.1) is 0 Å². The minimum Gasteiger partial charge on any atom is -0.434 e. The molecule has 0 fully saturated rings. The van der Waals surface area contributed by atoms with Crippen molar-refractivity contribution in [1.82, 2.24) is 4.98 Å². The van der Waals surface area contributed by atoms with E-state index in [0.717, 1.165) is 18.2 Å². The first-order valence-corrected chi connectivity index (χ1v) is 5.81. The molecule has 1 aromatic carbocycles. The van der Waals surface area contributed by atoms with Gasteiger partial charge in [0.25, 0.3) is 0 Å². The molecule has 0 N–H and O–H groups in total. The molecule has 0 spiro atoms. The summed E-state index contributed by atoms with van der Waals surface area (Å²) in [5, 5.41) is 10.7. The molecule has 0 aliphatic heterocycles. The highest BCUT2D eigenvalue weighted by Gasteiger charge is 2.31. The number of nitro groups is 1. The van der Waals surface area contributed by atoms with Crippen LogP contribution < -0.4 is 4.74 Å². The Labute approximate surface area is 121 Å². The van der Waals surface area contributed by atoms with Crippen molar-refractivity contribution in [1.29, 1.82) is 0 Å². The molecule has 0 aliphatic carbocycles. The van der Waals surface area contributed by atoms with Crippen LogP contribution in [0.4, 0.5) is 18.9 Å². The van der Waals surface area contributed by atoms with E-state index in [2.05, 4.69) is 4.98 Å². The predicted octanol–water partition coefficient (Wildman–Crippen LogP) is 4.45. The molecule has 1 heterocycles. The fraction of sp³-hybridized carbons (Fsp3) is 0.0833. The maximum absolute atomic E-state index is 12.6. The molecule has 9 heteroatoms. The molecule has 1 aromatic heterocycles. The average molecular weight is 319 g/mol. The Morgan fingerprint density at radius 1 is 1.24 bits per heavy atom. The van der Waals surface area contributed by atoms with Gasteiger partial charge in [0.2, 0.25) is 0 Å². The van der Waals surface area contributed by atoms with Gasteiger partial charge in [-0.05, 0) is 24.3 Å². The molecule has 0 radical (unpaired) electrons. The Balaban J connectivity index is 2.39. The molecule has 110 valence electrons. The van der Waals surface area contributed by atoms with Crippen LogP contribution in [-0.4, -0.2) is 9.91 Å². The number of benzene rings is 1. The molecular formula is C12H6ClF3N2O3. The summed E-state index contributed by atoms with van der Waals surface area (Å²) < 4.78 is 42.8. The Morgan fingerprint density at radius 2 is 1.95 bits per heavy atom. The van der Waals surface area contributed by atoms with Crippen molar-refractivity contribution in [2.24, 2.45) is 0 Å². The average Bonchev–Trinajstić information content (AvgIpc) is 2.37. The molecule has 0 unspecified atom stereocenters. The quantitative estimate of drug-likeness (QED) is 0.476. The van der Waals surface area contributed by atoms with Crippen LogP contribution in [0.3, 0.4) is 0 Å². The van der Waals surface area contributed by atoms with Crippen LogP contribution in [0.2, 0.25) is 5.15 Å². The second-order valence-corrected chi connectivity index (χ2v) is 4.23. The number of pyridine rings is 1. The number of rotatable bonds is 3. The van der Waals surface area contributed by atoms with Gasteiger partial charge in [0.05, 0.1) is 10.5 Å². The van der Waals surface area contributed by atoms with Crippen LogP contribution in [0.15, 0.2) is 36.4 Å². The van der Waals surface area contributed by atoms with Crippen molar-refractivity contribution in [3.8, 4) is 11.6 Å². The van der Waals surface area contributed by atoms with E-state index in [1.807, 2.05) is 0 Å². The minimum atomic E-state index is -4.55. The van der Waals surface area contributed by atoms with Gasteiger partial charge in [-0.2, -0.15) is 18.2 Å². The van der Waals surface area contributed by atoms with Gasteiger partial charge in [0.15, 0.2) is 0 Å². The van der Waals surface area contributed by atoms with E-state index >= 15 is 0 Å². The number of nitrogens with zero attached hydrogens (tertiary/aromatic N) is 2. The Kier molecular flexibility index (Phi) is 3.99. The molecule has 2 rings (SSSR count). The van der Waals surface area contributed by atoms with E-state index in [4.69, 9.17) is 16.3 Å². The van der Waals surface area contributed by atoms with Crippen LogP contribution >= 0.6 is 11.6 Å². The van der Waals surface area contributed by atoms with Gasteiger partial charge in [-0.25, -0.2) is 0 Å². The van der Waals surface area contributed by atoms with Crippen LogP contribution in [0, 0.1) is 10.1 Å². The van der Waals surface area contributed by atoms with Crippen LogP contribution in [0.1, 0.15) is 5.56 Å². The molecule has 5 nitrogen and oxygen atoms in total. The monoisotopic (exact) mass is 318 g/mol. The fourth-order valence-corrected chi connectivity index (χ4v) is 1.61. The van der Waals surface area contributed by atoms with E-state index in [1.54, 1.807) is 0 Å². The standard InChI is InChI=1S/C12H6ClF3N2O3/c13-10-5-4-9(18(19)20)11(17-10)21-8-3-1-2-7(6-8)12(14,15)16/h1-6H. The molecule has 2 aromatic rings. The van der Waals surface area contributed by atoms with Crippen molar-refractivity contribution in [2.45, 2.75) is 6.18 Å². The van der Waals surface area contributed by atoms with Gasteiger partial charge in [-0.1, -0.05) is 17.7 Å². The van der Waals surface area contributed by atoms with Gasteiger partial charge in [0.1, 0.15) is 10.9 Å². The summed E-state index contributed by atoms with van der Waals surface area (Å²) in [7, 11) is 0. The van der Waals surface area contributed by atoms with E-state index in [0.29, 0.717) is 6.07 Å². The molecule has 0 aliphatic rings. The smallest absolute Gasteiger partial charge is 0.416 e. The summed E-state index contributed by atoms with van der Waals surface area (Å²) in [5.41, 5.74) is -1.44. The van der Waals surface area contributed by atoms with Crippen LogP contribution in [0.5, 0.6) is 11.6 Å². The van der Waals surface area contributed by atoms with E-state index in [-0.39, 0.29) is 10.9 Å². The largest absolute Gasteiger partial charge is 0.434 e. The first-order valence-electron chi connectivity index (χ1n) is 5.43. The normalized spacial score (nSPS) is 11.2. The third kappa shape index (κ3) is 3.60. The van der Waals surface area contributed by atoms with Gasteiger partial charge in [-0.3, -0.25) is 10.1 Å². The summed E-state index contributed by atoms with van der Waals surface area (Å²) in [6.45, 7) is 0. The van der Waals surface area contributed by atoms with Crippen molar-refractivity contribution < 1.29 is 22.8 Å². The number of hydrogen-bond acceptors (Lipinski definition) is 4. The lowest BCUT2D eigenvalue weighted by atomic mass is 10.2. The van der Waals surface area contributed by atoms with E-state index < -0.39 is 28.2 Å². The highest BCUT2D eigenvalue weighted by atomic mass is 35.5. The fourth-order valence-electron chi connectivity index (χ4n) is 1.47. The maximum Gasteiger partial charge on any atom is 0.416 e. The van der Waals surface area contributed by atoms with E-state index in [1.165, 1.54) is 12.1 Å². The number of halogens is 4. The van der Waals surface area contributed by atoms with Crippen molar-refractivity contribution in [3.63, 3.8) is 0 Å². The predicted molar refractivity (Wildman–Crippen MR) is 67.4 cm³/mol. The number of aromatic nitrogens is 1. The molecule has 0 atom stereocenters. The second kappa shape index (κ2) is 5.57. The van der Waals surface area contributed by atoms with Crippen LogP contribution in [0.25, 0.3) is 0 Å². The van der Waals surface area contributed by atoms with Crippen molar-refractivity contribution in [2.75, 3.05) is 0 Å². The number of hydrogen-bond donors (Lipinski definition) is 0. The lowest BCUT2D eigenvalue weighted by molar-refractivity contribution is -0.386. The Hall–Kier alpha value is -2.35. The summed E-state index contributed by atoms with van der Waals surface area (Å²) in [6.07, 6.45) is -4.55. The third-order valence-corrected chi connectivity index (χ3v) is 2.59. The summed E-state index contributed by atoms with van der Waals surface area (Å²) in [4.78, 5) is 13.6. The zero-order valence-electron chi connectivity index (χ0n) is 10.1. The van der Waals surface area contributed by atoms with Crippen molar-refractivity contribution >= 4 is 17.3 Å². The topological polar surface area (TPSA) is 65.3 Å². The molecule has 0 bridgehead atoms. The van der Waals surface area contributed by atoms with Crippen LogP contribution in [-0.2, 0) is 6.18 Å². The second-order valence-electron chi connectivity index (χ2n) is 3.84. The number of ether oxygens (including phenoxy) is 1. The molecule has 21 heavy (non-hydrogen) atoms. The zero-order valence-corrected chi connectivity index (χ0v) is 10.9. The lowest BCUT2D eigenvalue weighted by Gasteiger charge is -2.09. The highest BCUT2D eigenvalue weighted by molar-refractivity contribution is 6.29. The Bertz CT molecular complexity index is 692. The molecule has 0 saturated heterocycles. The van der Waals surface area contributed by atoms with Crippen molar-refractivity contribution in [3.05, 3.63) is 57.2 Å². The maximum atomic E-state index is 12.6. The summed E-state index contributed by atoms with van der Waals surface area (Å²) in [6, 6.07) is 6.14.